The molecule has 1 aromatic carbocycles. The van der Waals surface area contributed by atoms with Crippen LogP contribution >= 0.6 is 0 Å². The third-order valence-electron chi connectivity index (χ3n) is 2.75. The van der Waals surface area contributed by atoms with E-state index in [1.807, 2.05) is 6.92 Å². The molecule has 0 saturated carbocycles. The molecule has 0 saturated heterocycles. The zero-order chi connectivity index (χ0) is 16.2. The van der Waals surface area contributed by atoms with Gasteiger partial charge in [-0.05, 0) is 32.9 Å². The van der Waals surface area contributed by atoms with E-state index in [-0.39, 0.29) is 17.9 Å². The lowest BCUT2D eigenvalue weighted by molar-refractivity contribution is -0.125. The maximum Gasteiger partial charge on any atom is 0.266 e. The van der Waals surface area contributed by atoms with Gasteiger partial charge in [-0.25, -0.2) is 12.7 Å². The highest BCUT2D eigenvalue weighted by atomic mass is 32.2. The standard InChI is InChI=1S/C16H21NO3S/c1-12(2)10-16(18)17(11-13(3)4)21(19,20)15-8-6-14(5)7-9-15/h6-9H,1,3,10-11H2,2,4-5H3. The van der Waals surface area contributed by atoms with Crippen LogP contribution in [0.1, 0.15) is 25.8 Å². The van der Waals surface area contributed by atoms with Crippen LogP contribution in [-0.2, 0) is 14.8 Å². The number of hydrogen-bond donors (Lipinski definition) is 0. The molecule has 1 rings (SSSR count). The molecule has 0 radical (unpaired) electrons. The Kier molecular flexibility index (Phi) is 5.49. The number of sulfonamides is 1. The van der Waals surface area contributed by atoms with Crippen molar-refractivity contribution in [1.29, 1.82) is 0 Å². The lowest BCUT2D eigenvalue weighted by atomic mass is 10.2. The van der Waals surface area contributed by atoms with Crippen LogP contribution in [0.25, 0.3) is 0 Å². The third-order valence-corrected chi connectivity index (χ3v) is 4.53. The van der Waals surface area contributed by atoms with Crippen molar-refractivity contribution in [2.75, 3.05) is 6.54 Å². The van der Waals surface area contributed by atoms with Gasteiger partial charge in [-0.2, -0.15) is 0 Å². The summed E-state index contributed by atoms with van der Waals surface area (Å²) in [6.07, 6.45) is -0.00162. The minimum atomic E-state index is -3.88. The van der Waals surface area contributed by atoms with E-state index in [2.05, 4.69) is 13.2 Å². The molecule has 0 bridgehead atoms. The highest BCUT2D eigenvalue weighted by Gasteiger charge is 2.28. The molecule has 0 fully saturated rings. The fourth-order valence-electron chi connectivity index (χ4n) is 1.74. The molecule has 1 aromatic rings. The summed E-state index contributed by atoms with van der Waals surface area (Å²) in [5, 5.41) is 0. The summed E-state index contributed by atoms with van der Waals surface area (Å²) in [7, 11) is -3.88. The topological polar surface area (TPSA) is 54.5 Å². The summed E-state index contributed by atoms with van der Waals surface area (Å²) < 4.78 is 26.1. The molecule has 0 heterocycles. The SMILES string of the molecule is C=C(C)CC(=O)N(CC(=C)C)S(=O)(=O)c1ccc(C)cc1. The summed E-state index contributed by atoms with van der Waals surface area (Å²) in [6, 6.07) is 6.42. The first-order valence-electron chi connectivity index (χ1n) is 6.55. The maximum atomic E-state index is 12.6. The Balaban J connectivity index is 3.23. The Morgan fingerprint density at radius 1 is 1.10 bits per heavy atom. The molecule has 0 spiro atoms. The van der Waals surface area contributed by atoms with E-state index in [4.69, 9.17) is 0 Å². The van der Waals surface area contributed by atoms with Gasteiger partial charge in [0.2, 0.25) is 5.91 Å². The maximum absolute atomic E-state index is 12.6. The zero-order valence-corrected chi connectivity index (χ0v) is 13.5. The van der Waals surface area contributed by atoms with Crippen molar-refractivity contribution < 1.29 is 13.2 Å². The average molecular weight is 307 g/mol. The molecule has 0 aromatic heterocycles. The monoisotopic (exact) mass is 307 g/mol. The predicted molar refractivity (Wildman–Crippen MR) is 84.3 cm³/mol. The van der Waals surface area contributed by atoms with Gasteiger partial charge < -0.3 is 0 Å². The molecular formula is C16H21NO3S. The predicted octanol–water partition coefficient (Wildman–Crippen LogP) is 3.05. The molecule has 1 amide bonds. The molecule has 21 heavy (non-hydrogen) atoms. The summed E-state index contributed by atoms with van der Waals surface area (Å²) in [4.78, 5) is 12.3. The van der Waals surface area contributed by atoms with Gasteiger partial charge in [0.05, 0.1) is 11.4 Å². The molecule has 0 aliphatic carbocycles. The van der Waals surface area contributed by atoms with Gasteiger partial charge in [-0.1, -0.05) is 42.0 Å². The summed E-state index contributed by atoms with van der Waals surface area (Å²) in [6.45, 7) is 12.6. The lowest BCUT2D eigenvalue weighted by Crippen LogP contribution is -2.38. The Hall–Kier alpha value is -1.88. The van der Waals surface area contributed by atoms with E-state index in [9.17, 15) is 13.2 Å². The largest absolute Gasteiger partial charge is 0.273 e. The minimum absolute atomic E-state index is 0.00162. The van der Waals surface area contributed by atoms with Crippen molar-refractivity contribution in [2.24, 2.45) is 0 Å². The first-order valence-corrected chi connectivity index (χ1v) is 7.99. The second kappa shape index (κ2) is 6.72. The molecule has 0 unspecified atom stereocenters. The second-order valence-electron chi connectivity index (χ2n) is 5.31. The highest BCUT2D eigenvalue weighted by molar-refractivity contribution is 7.89. The van der Waals surface area contributed by atoms with Crippen molar-refractivity contribution >= 4 is 15.9 Å². The molecular weight excluding hydrogens is 286 g/mol. The molecule has 5 heteroatoms. The summed E-state index contributed by atoms with van der Waals surface area (Å²) >= 11 is 0. The summed E-state index contributed by atoms with van der Waals surface area (Å²) in [5.41, 5.74) is 2.17. The number of aryl methyl sites for hydroxylation is 1. The van der Waals surface area contributed by atoms with E-state index >= 15 is 0 Å². The minimum Gasteiger partial charge on any atom is -0.273 e. The summed E-state index contributed by atoms with van der Waals surface area (Å²) in [5.74, 6) is -0.494. The van der Waals surface area contributed by atoms with Gasteiger partial charge in [0, 0.05) is 6.42 Å². The first-order chi connectivity index (χ1) is 9.64. The normalized spacial score (nSPS) is 11.0. The van der Waals surface area contributed by atoms with Crippen LogP contribution in [0.5, 0.6) is 0 Å². The van der Waals surface area contributed by atoms with Gasteiger partial charge in [-0.15, -0.1) is 0 Å². The van der Waals surface area contributed by atoms with Crippen molar-refractivity contribution in [2.45, 2.75) is 32.1 Å². The van der Waals surface area contributed by atoms with Crippen LogP contribution < -0.4 is 0 Å². The van der Waals surface area contributed by atoms with Crippen LogP contribution in [0, 0.1) is 6.92 Å². The average Bonchev–Trinajstić information content (AvgIpc) is 2.35. The van der Waals surface area contributed by atoms with Crippen molar-refractivity contribution in [3.05, 3.63) is 54.1 Å². The Bertz CT molecular complexity index is 657. The van der Waals surface area contributed by atoms with Crippen LogP contribution in [0.4, 0.5) is 0 Å². The number of benzene rings is 1. The van der Waals surface area contributed by atoms with Crippen molar-refractivity contribution in [3.8, 4) is 0 Å². The van der Waals surface area contributed by atoms with Gasteiger partial charge in [-0.3, -0.25) is 4.79 Å². The number of carbonyl (C=O) groups is 1. The molecule has 4 nitrogen and oxygen atoms in total. The first kappa shape index (κ1) is 17.2. The number of nitrogens with zero attached hydrogens (tertiary/aromatic N) is 1. The van der Waals surface area contributed by atoms with Crippen LogP contribution in [-0.4, -0.2) is 25.2 Å². The Morgan fingerprint density at radius 2 is 1.62 bits per heavy atom. The number of amides is 1. The van der Waals surface area contributed by atoms with E-state index in [1.54, 1.807) is 26.0 Å². The van der Waals surface area contributed by atoms with Crippen molar-refractivity contribution in [3.63, 3.8) is 0 Å². The quantitative estimate of drug-likeness (QED) is 0.759. The van der Waals surface area contributed by atoms with E-state index in [0.29, 0.717) is 11.1 Å². The van der Waals surface area contributed by atoms with Crippen LogP contribution in [0.2, 0.25) is 0 Å². The van der Waals surface area contributed by atoms with E-state index < -0.39 is 15.9 Å². The fourth-order valence-corrected chi connectivity index (χ4v) is 3.19. The zero-order valence-electron chi connectivity index (χ0n) is 12.7. The Morgan fingerprint density at radius 3 is 2.05 bits per heavy atom. The molecule has 0 aliphatic rings. The van der Waals surface area contributed by atoms with Gasteiger partial charge >= 0.3 is 0 Å². The van der Waals surface area contributed by atoms with E-state index in [0.717, 1.165) is 9.87 Å². The highest BCUT2D eigenvalue weighted by Crippen LogP contribution is 2.19. The van der Waals surface area contributed by atoms with Crippen LogP contribution in [0.3, 0.4) is 0 Å². The number of hydrogen-bond acceptors (Lipinski definition) is 3. The van der Waals surface area contributed by atoms with Gasteiger partial charge in [0.1, 0.15) is 0 Å². The lowest BCUT2D eigenvalue weighted by Gasteiger charge is -2.23. The van der Waals surface area contributed by atoms with Crippen molar-refractivity contribution in [1.82, 2.24) is 4.31 Å². The van der Waals surface area contributed by atoms with Gasteiger partial charge in [0.15, 0.2) is 0 Å². The Labute approximate surface area is 126 Å². The molecule has 0 aliphatic heterocycles. The second-order valence-corrected chi connectivity index (χ2v) is 7.17. The van der Waals surface area contributed by atoms with Gasteiger partial charge in [0.25, 0.3) is 10.0 Å². The smallest absolute Gasteiger partial charge is 0.266 e. The fraction of sp³-hybridized carbons (Fsp3) is 0.312. The molecule has 0 N–H and O–H groups in total. The van der Waals surface area contributed by atoms with E-state index in [1.165, 1.54) is 12.1 Å². The van der Waals surface area contributed by atoms with Crippen LogP contribution in [0.15, 0.2) is 53.5 Å². The third kappa shape index (κ3) is 4.56. The molecule has 0 atom stereocenters. The number of rotatable bonds is 6. The number of carbonyl (C=O) groups excluding carboxylic acids is 1. The molecule has 114 valence electrons.